The smallest absolute Gasteiger partial charge is 0.271 e. The van der Waals surface area contributed by atoms with Crippen molar-refractivity contribution in [1.82, 2.24) is 5.43 Å². The van der Waals surface area contributed by atoms with Crippen LogP contribution in [0.3, 0.4) is 0 Å². The Morgan fingerprint density at radius 2 is 2.00 bits per heavy atom. The number of halogens is 1. The monoisotopic (exact) mass is 435 g/mol. The zero-order chi connectivity index (χ0) is 19.8. The number of carbonyl (C=O) groups is 1. The second kappa shape index (κ2) is 9.67. The van der Waals surface area contributed by atoms with E-state index in [-0.39, 0.29) is 11.3 Å². The first kappa shape index (κ1) is 20.4. The van der Waals surface area contributed by atoms with Gasteiger partial charge < -0.3 is 9.47 Å². The maximum atomic E-state index is 12.0. The number of hydrogen-bond acceptors (Lipinski definition) is 6. The number of rotatable bonds is 8. The molecule has 0 fully saturated rings. The first-order valence-electron chi connectivity index (χ1n) is 8.04. The largest absolute Gasteiger partial charge is 0.493 e. The quantitative estimate of drug-likeness (QED) is 0.384. The van der Waals surface area contributed by atoms with Gasteiger partial charge in [0.2, 0.25) is 0 Å². The molecule has 8 nitrogen and oxygen atoms in total. The van der Waals surface area contributed by atoms with E-state index in [2.05, 4.69) is 26.5 Å². The first-order valence-corrected chi connectivity index (χ1v) is 8.83. The molecule has 9 heteroatoms. The summed E-state index contributed by atoms with van der Waals surface area (Å²) in [5, 5.41) is 14.6. The third-order valence-corrected chi connectivity index (χ3v) is 4.14. The number of nitro benzene ring substituents is 1. The minimum Gasteiger partial charge on any atom is -0.493 e. The molecule has 0 saturated heterocycles. The molecule has 0 radical (unpaired) electrons. The predicted molar refractivity (Wildman–Crippen MR) is 105 cm³/mol. The van der Waals surface area contributed by atoms with E-state index < -0.39 is 10.8 Å². The third-order valence-electron chi connectivity index (χ3n) is 3.45. The minimum absolute atomic E-state index is 0.0866. The SMILES string of the molecule is CCCOc1cc(Br)c(C=NNC(=O)c2ccc([N+](=O)[O-])cc2)cc1OC. The van der Waals surface area contributed by atoms with E-state index in [1.54, 1.807) is 19.2 Å². The van der Waals surface area contributed by atoms with Crippen LogP contribution in [0, 0.1) is 10.1 Å². The molecule has 27 heavy (non-hydrogen) atoms. The Kier molecular flexibility index (Phi) is 7.30. The average molecular weight is 436 g/mol. The molecule has 1 amide bonds. The highest BCUT2D eigenvalue weighted by molar-refractivity contribution is 9.10. The molecule has 2 rings (SSSR count). The van der Waals surface area contributed by atoms with E-state index in [1.807, 2.05) is 6.92 Å². The molecule has 142 valence electrons. The number of non-ortho nitro benzene ring substituents is 1. The van der Waals surface area contributed by atoms with Gasteiger partial charge in [-0.1, -0.05) is 6.92 Å². The van der Waals surface area contributed by atoms with Crippen molar-refractivity contribution in [2.45, 2.75) is 13.3 Å². The molecule has 0 aliphatic heterocycles. The molecule has 0 saturated carbocycles. The van der Waals surface area contributed by atoms with Gasteiger partial charge in [-0.3, -0.25) is 14.9 Å². The second-order valence-corrected chi connectivity index (χ2v) is 6.23. The standard InChI is InChI=1S/C18H18BrN3O5/c1-3-8-27-17-10-15(19)13(9-16(17)26-2)11-20-21-18(23)12-4-6-14(7-5-12)22(24)25/h4-7,9-11H,3,8H2,1-2H3,(H,21,23). The van der Waals surface area contributed by atoms with E-state index in [0.29, 0.717) is 23.7 Å². The lowest BCUT2D eigenvalue weighted by Crippen LogP contribution is -2.17. The van der Waals surface area contributed by atoms with Gasteiger partial charge in [-0.2, -0.15) is 5.10 Å². The van der Waals surface area contributed by atoms with Gasteiger partial charge in [0.05, 0.1) is 24.9 Å². The summed E-state index contributed by atoms with van der Waals surface area (Å²) in [7, 11) is 1.54. The molecule has 2 aromatic rings. The molecule has 0 atom stereocenters. The Labute approximate surface area is 164 Å². The molecule has 0 bridgehead atoms. The van der Waals surface area contributed by atoms with Crippen molar-refractivity contribution >= 4 is 33.7 Å². The summed E-state index contributed by atoms with van der Waals surface area (Å²) in [6, 6.07) is 8.75. The molecular formula is C18H18BrN3O5. The lowest BCUT2D eigenvalue weighted by atomic mass is 10.2. The molecule has 0 heterocycles. The van der Waals surface area contributed by atoms with Crippen molar-refractivity contribution in [1.29, 1.82) is 0 Å². The molecule has 0 aromatic heterocycles. The van der Waals surface area contributed by atoms with Gasteiger partial charge in [0.15, 0.2) is 11.5 Å². The molecule has 0 aliphatic rings. The van der Waals surface area contributed by atoms with Crippen LogP contribution in [0.25, 0.3) is 0 Å². The van der Waals surface area contributed by atoms with E-state index in [0.717, 1.165) is 10.9 Å². The maximum Gasteiger partial charge on any atom is 0.271 e. The van der Waals surface area contributed by atoms with E-state index >= 15 is 0 Å². The minimum atomic E-state index is -0.529. The number of amides is 1. The fourth-order valence-corrected chi connectivity index (χ4v) is 2.52. The van der Waals surface area contributed by atoms with Gasteiger partial charge >= 0.3 is 0 Å². The number of hydrogen-bond donors (Lipinski definition) is 1. The van der Waals surface area contributed by atoms with Crippen molar-refractivity contribution in [3.8, 4) is 11.5 Å². The zero-order valence-corrected chi connectivity index (χ0v) is 16.4. The topological polar surface area (TPSA) is 103 Å². The van der Waals surface area contributed by atoms with Crippen LogP contribution in [-0.4, -0.2) is 30.8 Å². The average Bonchev–Trinajstić information content (AvgIpc) is 2.67. The highest BCUT2D eigenvalue weighted by Gasteiger charge is 2.10. The Morgan fingerprint density at radius 3 is 2.59 bits per heavy atom. The van der Waals surface area contributed by atoms with Crippen LogP contribution in [0.5, 0.6) is 11.5 Å². The van der Waals surface area contributed by atoms with Gasteiger partial charge in [-0.05, 0) is 46.6 Å². The molecule has 0 spiro atoms. The maximum absolute atomic E-state index is 12.0. The van der Waals surface area contributed by atoms with Gasteiger partial charge in [-0.15, -0.1) is 0 Å². The Balaban J connectivity index is 2.08. The normalized spacial score (nSPS) is 10.6. The summed E-state index contributed by atoms with van der Waals surface area (Å²) in [4.78, 5) is 22.2. The lowest BCUT2D eigenvalue weighted by Gasteiger charge is -2.12. The Morgan fingerprint density at radius 1 is 1.30 bits per heavy atom. The van der Waals surface area contributed by atoms with Crippen molar-refractivity contribution in [3.63, 3.8) is 0 Å². The van der Waals surface area contributed by atoms with Crippen molar-refractivity contribution in [2.24, 2.45) is 5.10 Å². The molecule has 0 unspecified atom stereocenters. The lowest BCUT2D eigenvalue weighted by molar-refractivity contribution is -0.384. The Bertz CT molecular complexity index is 853. The van der Waals surface area contributed by atoms with Gasteiger partial charge in [0.25, 0.3) is 11.6 Å². The van der Waals surface area contributed by atoms with Gasteiger partial charge in [0.1, 0.15) is 0 Å². The van der Waals surface area contributed by atoms with Crippen LogP contribution >= 0.6 is 15.9 Å². The predicted octanol–water partition coefficient (Wildman–Crippen LogP) is 3.92. The highest BCUT2D eigenvalue weighted by Crippen LogP contribution is 2.33. The fourth-order valence-electron chi connectivity index (χ4n) is 2.09. The number of nitrogens with zero attached hydrogens (tertiary/aromatic N) is 2. The van der Waals surface area contributed by atoms with Crippen LogP contribution in [0.4, 0.5) is 5.69 Å². The number of benzene rings is 2. The highest BCUT2D eigenvalue weighted by atomic mass is 79.9. The summed E-state index contributed by atoms with van der Waals surface area (Å²) in [5.41, 5.74) is 3.23. The van der Waals surface area contributed by atoms with E-state index in [4.69, 9.17) is 9.47 Å². The molecular weight excluding hydrogens is 418 g/mol. The Hall–Kier alpha value is -2.94. The summed E-state index contributed by atoms with van der Waals surface area (Å²) in [6.07, 6.45) is 2.33. The molecule has 1 N–H and O–H groups in total. The van der Waals surface area contributed by atoms with E-state index in [1.165, 1.54) is 30.5 Å². The summed E-state index contributed by atoms with van der Waals surface area (Å²) in [6.45, 7) is 2.58. The summed E-state index contributed by atoms with van der Waals surface area (Å²) < 4.78 is 11.7. The van der Waals surface area contributed by atoms with Crippen molar-refractivity contribution < 1.29 is 19.2 Å². The van der Waals surface area contributed by atoms with Crippen LogP contribution < -0.4 is 14.9 Å². The summed E-state index contributed by atoms with van der Waals surface area (Å²) in [5.74, 6) is 0.681. The number of methoxy groups -OCH3 is 1. The first-order chi connectivity index (χ1) is 13.0. The van der Waals surface area contributed by atoms with Crippen LogP contribution in [-0.2, 0) is 0 Å². The second-order valence-electron chi connectivity index (χ2n) is 5.38. The molecule has 2 aromatic carbocycles. The van der Waals surface area contributed by atoms with Crippen LogP contribution in [0.1, 0.15) is 29.3 Å². The van der Waals surface area contributed by atoms with Crippen LogP contribution in [0.2, 0.25) is 0 Å². The van der Waals surface area contributed by atoms with Gasteiger partial charge in [0, 0.05) is 27.7 Å². The number of nitrogens with one attached hydrogen (secondary N) is 1. The van der Waals surface area contributed by atoms with E-state index in [9.17, 15) is 14.9 Å². The number of hydrazone groups is 1. The van der Waals surface area contributed by atoms with Crippen molar-refractivity contribution in [3.05, 3.63) is 62.1 Å². The number of nitro groups is 1. The summed E-state index contributed by atoms with van der Waals surface area (Å²) >= 11 is 3.43. The number of carbonyl (C=O) groups excluding carboxylic acids is 1. The zero-order valence-electron chi connectivity index (χ0n) is 14.8. The fraction of sp³-hybridized carbons (Fsp3) is 0.222. The third kappa shape index (κ3) is 5.52. The van der Waals surface area contributed by atoms with Crippen LogP contribution in [0.15, 0.2) is 46.0 Å². The molecule has 0 aliphatic carbocycles. The number of ether oxygens (including phenoxy) is 2. The van der Waals surface area contributed by atoms with Gasteiger partial charge in [-0.25, -0.2) is 5.43 Å². The van der Waals surface area contributed by atoms with Crippen molar-refractivity contribution in [2.75, 3.05) is 13.7 Å².